The highest BCUT2D eigenvalue weighted by Crippen LogP contribution is 2.25. The fraction of sp³-hybridized carbons (Fsp3) is 0.462. The van der Waals surface area contributed by atoms with Crippen LogP contribution >= 0.6 is 28.6 Å². The van der Waals surface area contributed by atoms with Gasteiger partial charge in [-0.25, -0.2) is 0 Å². The number of carbonyl (C=O) groups is 1. The van der Waals surface area contributed by atoms with Crippen LogP contribution in [-0.4, -0.2) is 24.7 Å². The Bertz CT molecular complexity index is 447. The third kappa shape index (κ3) is 3.28. The molecule has 0 aromatic heterocycles. The van der Waals surface area contributed by atoms with E-state index in [1.165, 1.54) is 0 Å². The van der Waals surface area contributed by atoms with Gasteiger partial charge in [0.2, 0.25) is 0 Å². The van der Waals surface area contributed by atoms with Crippen LogP contribution in [0.1, 0.15) is 30.1 Å². The average Bonchev–Trinajstić information content (AvgIpc) is 2.26. The van der Waals surface area contributed by atoms with Crippen LogP contribution in [0, 0.1) is 0 Å². The summed E-state index contributed by atoms with van der Waals surface area (Å²) in [7, 11) is 0. The molecule has 1 aliphatic carbocycles. The molecule has 0 spiro atoms. The summed E-state index contributed by atoms with van der Waals surface area (Å²) in [6, 6.07) is 5.67. The third-order valence-electron chi connectivity index (χ3n) is 3.04. The molecule has 1 aliphatic rings. The van der Waals surface area contributed by atoms with Gasteiger partial charge in [0.15, 0.2) is 0 Å². The predicted octanol–water partition coefficient (Wildman–Crippen LogP) is 3.04. The van der Waals surface area contributed by atoms with E-state index in [0.29, 0.717) is 16.6 Å². The summed E-state index contributed by atoms with van der Waals surface area (Å²) in [6.45, 7) is 2.72. The minimum absolute atomic E-state index is 0.0625. The van der Waals surface area contributed by atoms with Crippen molar-refractivity contribution < 1.29 is 9.53 Å². The Balaban J connectivity index is 1.89. The van der Waals surface area contributed by atoms with Gasteiger partial charge in [0, 0.05) is 22.0 Å². The summed E-state index contributed by atoms with van der Waals surface area (Å²) in [4.78, 5) is 12.7. The number of carbonyl (C=O) groups excluding carboxylic acids is 1. The highest BCUT2D eigenvalue weighted by molar-refractivity contribution is 9.10. The number of thiol groups is 1. The predicted molar refractivity (Wildman–Crippen MR) is 77.3 cm³/mol. The lowest BCUT2D eigenvalue weighted by Gasteiger charge is -2.35. The molecule has 1 fully saturated rings. The van der Waals surface area contributed by atoms with Crippen LogP contribution in [0.2, 0.25) is 0 Å². The Labute approximate surface area is 121 Å². The SMILES string of the molecule is CCOC1CC(NC(=O)c2ccc(Br)cc2S)C1. The maximum Gasteiger partial charge on any atom is 0.252 e. The van der Waals surface area contributed by atoms with Gasteiger partial charge in [-0.1, -0.05) is 15.9 Å². The van der Waals surface area contributed by atoms with E-state index in [1.807, 2.05) is 19.1 Å². The molecule has 1 N–H and O–H groups in total. The number of hydrogen-bond acceptors (Lipinski definition) is 3. The quantitative estimate of drug-likeness (QED) is 0.833. The third-order valence-corrected chi connectivity index (χ3v) is 3.90. The highest BCUT2D eigenvalue weighted by atomic mass is 79.9. The number of halogens is 1. The van der Waals surface area contributed by atoms with Gasteiger partial charge in [-0.15, -0.1) is 12.6 Å². The number of ether oxygens (including phenoxy) is 1. The second-order valence-electron chi connectivity index (χ2n) is 4.38. The second kappa shape index (κ2) is 6.08. The normalized spacial score (nSPS) is 22.4. The summed E-state index contributed by atoms with van der Waals surface area (Å²) < 4.78 is 6.38. The molecular formula is C13H16BrNO2S. The van der Waals surface area contributed by atoms with Crippen molar-refractivity contribution in [2.24, 2.45) is 0 Å². The molecule has 0 bridgehead atoms. The first kappa shape index (κ1) is 13.9. The molecule has 1 aromatic carbocycles. The molecule has 0 aliphatic heterocycles. The van der Waals surface area contributed by atoms with Crippen molar-refractivity contribution >= 4 is 34.5 Å². The van der Waals surface area contributed by atoms with Gasteiger partial charge in [-0.05, 0) is 38.0 Å². The lowest BCUT2D eigenvalue weighted by Crippen LogP contribution is -2.47. The number of hydrogen-bond donors (Lipinski definition) is 2. The Morgan fingerprint density at radius 1 is 1.56 bits per heavy atom. The summed E-state index contributed by atoms with van der Waals surface area (Å²) in [5.74, 6) is -0.0625. The summed E-state index contributed by atoms with van der Waals surface area (Å²) in [5.41, 5.74) is 0.612. The zero-order valence-electron chi connectivity index (χ0n) is 10.1. The van der Waals surface area contributed by atoms with E-state index in [1.54, 1.807) is 6.07 Å². The van der Waals surface area contributed by atoms with E-state index in [9.17, 15) is 4.79 Å². The zero-order valence-corrected chi connectivity index (χ0v) is 12.6. The first-order chi connectivity index (χ1) is 8.60. The van der Waals surface area contributed by atoms with E-state index < -0.39 is 0 Å². The van der Waals surface area contributed by atoms with Crippen molar-refractivity contribution in [1.82, 2.24) is 5.32 Å². The molecule has 3 nitrogen and oxygen atoms in total. The minimum atomic E-state index is -0.0625. The van der Waals surface area contributed by atoms with Crippen LogP contribution in [-0.2, 0) is 4.74 Å². The first-order valence-corrected chi connectivity index (χ1v) is 7.25. The molecule has 1 saturated carbocycles. The van der Waals surface area contributed by atoms with Gasteiger partial charge < -0.3 is 10.1 Å². The summed E-state index contributed by atoms with van der Waals surface area (Å²) in [5, 5.41) is 3.00. The largest absolute Gasteiger partial charge is 0.378 e. The average molecular weight is 330 g/mol. The van der Waals surface area contributed by atoms with Gasteiger partial charge >= 0.3 is 0 Å². The molecule has 5 heteroatoms. The Kier molecular flexibility index (Phi) is 4.70. The number of nitrogens with one attached hydrogen (secondary N) is 1. The molecule has 0 heterocycles. The van der Waals surface area contributed by atoms with Crippen LogP contribution in [0.15, 0.2) is 27.6 Å². The molecule has 1 aromatic rings. The zero-order chi connectivity index (χ0) is 13.1. The fourth-order valence-corrected chi connectivity index (χ4v) is 2.87. The molecule has 2 rings (SSSR count). The Hall–Kier alpha value is -0.520. The van der Waals surface area contributed by atoms with E-state index >= 15 is 0 Å². The Morgan fingerprint density at radius 2 is 2.28 bits per heavy atom. The van der Waals surface area contributed by atoms with Crippen LogP contribution in [0.5, 0.6) is 0 Å². The molecule has 0 unspecified atom stereocenters. The van der Waals surface area contributed by atoms with Crippen LogP contribution in [0.25, 0.3) is 0 Å². The molecule has 0 saturated heterocycles. The minimum Gasteiger partial charge on any atom is -0.378 e. The molecule has 1 amide bonds. The molecule has 18 heavy (non-hydrogen) atoms. The van der Waals surface area contributed by atoms with Crippen LogP contribution in [0.4, 0.5) is 0 Å². The van der Waals surface area contributed by atoms with Gasteiger partial charge in [0.25, 0.3) is 5.91 Å². The standard InChI is InChI=1S/C13H16BrNO2S/c1-2-17-10-6-9(7-10)15-13(16)11-4-3-8(14)5-12(11)18/h3-5,9-10,18H,2,6-7H2,1H3,(H,15,16). The number of amides is 1. The van der Waals surface area contributed by atoms with E-state index in [0.717, 1.165) is 23.9 Å². The summed E-state index contributed by atoms with van der Waals surface area (Å²) in [6.07, 6.45) is 2.11. The van der Waals surface area contributed by atoms with Crippen molar-refractivity contribution in [3.8, 4) is 0 Å². The van der Waals surface area contributed by atoms with Crippen molar-refractivity contribution in [3.05, 3.63) is 28.2 Å². The van der Waals surface area contributed by atoms with Crippen molar-refractivity contribution in [1.29, 1.82) is 0 Å². The molecule has 0 atom stereocenters. The fourth-order valence-electron chi connectivity index (χ4n) is 2.02. The Morgan fingerprint density at radius 3 is 2.89 bits per heavy atom. The van der Waals surface area contributed by atoms with Gasteiger partial charge in [-0.2, -0.15) is 0 Å². The van der Waals surface area contributed by atoms with Gasteiger partial charge in [-0.3, -0.25) is 4.79 Å². The molecule has 0 radical (unpaired) electrons. The maximum absolute atomic E-state index is 12.0. The maximum atomic E-state index is 12.0. The van der Waals surface area contributed by atoms with Crippen LogP contribution in [0.3, 0.4) is 0 Å². The van der Waals surface area contributed by atoms with Crippen molar-refractivity contribution in [3.63, 3.8) is 0 Å². The van der Waals surface area contributed by atoms with E-state index in [4.69, 9.17) is 4.74 Å². The van der Waals surface area contributed by atoms with Crippen molar-refractivity contribution in [2.45, 2.75) is 36.8 Å². The number of benzene rings is 1. The number of rotatable bonds is 4. The van der Waals surface area contributed by atoms with Crippen molar-refractivity contribution in [2.75, 3.05) is 6.61 Å². The van der Waals surface area contributed by atoms with Crippen LogP contribution < -0.4 is 5.32 Å². The van der Waals surface area contributed by atoms with E-state index in [-0.39, 0.29) is 11.9 Å². The highest BCUT2D eigenvalue weighted by Gasteiger charge is 2.31. The lowest BCUT2D eigenvalue weighted by atomic mass is 9.89. The molecular weight excluding hydrogens is 314 g/mol. The van der Waals surface area contributed by atoms with Gasteiger partial charge in [0.05, 0.1) is 11.7 Å². The topological polar surface area (TPSA) is 38.3 Å². The lowest BCUT2D eigenvalue weighted by molar-refractivity contribution is -0.00865. The first-order valence-electron chi connectivity index (χ1n) is 6.01. The smallest absolute Gasteiger partial charge is 0.252 e. The monoisotopic (exact) mass is 329 g/mol. The molecule has 98 valence electrons. The summed E-state index contributed by atoms with van der Waals surface area (Å²) >= 11 is 7.66. The van der Waals surface area contributed by atoms with Gasteiger partial charge in [0.1, 0.15) is 0 Å². The van der Waals surface area contributed by atoms with E-state index in [2.05, 4.69) is 33.9 Å². The second-order valence-corrected chi connectivity index (χ2v) is 5.78.